The van der Waals surface area contributed by atoms with Gasteiger partial charge in [-0.15, -0.1) is 0 Å². The fraction of sp³-hybridized carbons (Fsp3) is 0.238. The molecule has 0 atom stereocenters. The number of amides is 3. The number of benzene rings is 2. The number of imide groups is 1. The highest BCUT2D eigenvalue weighted by Crippen LogP contribution is 2.38. The van der Waals surface area contributed by atoms with Crippen molar-refractivity contribution in [3.63, 3.8) is 0 Å². The summed E-state index contributed by atoms with van der Waals surface area (Å²) in [6, 6.07) is 9.32. The number of hydrogen-bond donors (Lipinski definition) is 1. The minimum absolute atomic E-state index is 0.0853. The molecule has 1 N–H and O–H groups in total. The highest BCUT2D eigenvalue weighted by molar-refractivity contribution is 6.33. The molecule has 1 aliphatic rings. The number of carbonyl (C=O) groups is 2. The predicted molar refractivity (Wildman–Crippen MR) is 114 cm³/mol. The molecule has 2 aromatic carbocycles. The van der Waals surface area contributed by atoms with Crippen molar-refractivity contribution in [2.24, 2.45) is 0 Å². The summed E-state index contributed by atoms with van der Waals surface area (Å²) in [4.78, 5) is 26.2. The molecule has 2 aromatic rings. The smallest absolute Gasteiger partial charge is 0.333 e. The Morgan fingerprint density at radius 1 is 1.17 bits per heavy atom. The van der Waals surface area contributed by atoms with Crippen LogP contribution >= 0.6 is 23.2 Å². The number of halogens is 2. The summed E-state index contributed by atoms with van der Waals surface area (Å²) in [5, 5.41) is 3.35. The Kier molecular flexibility index (Phi) is 6.35. The molecule has 0 aliphatic carbocycles. The van der Waals surface area contributed by atoms with Crippen LogP contribution in [0.5, 0.6) is 11.5 Å². The summed E-state index contributed by atoms with van der Waals surface area (Å²) in [5.41, 5.74) is 1.09. The van der Waals surface area contributed by atoms with Crippen LogP contribution < -0.4 is 19.7 Å². The molecule has 29 heavy (non-hydrogen) atoms. The average molecular weight is 435 g/mol. The second-order valence-electron chi connectivity index (χ2n) is 6.54. The summed E-state index contributed by atoms with van der Waals surface area (Å²) < 4.78 is 11.4. The van der Waals surface area contributed by atoms with Crippen molar-refractivity contribution < 1.29 is 19.1 Å². The molecule has 1 saturated heterocycles. The molecule has 0 radical (unpaired) electrons. The second kappa shape index (κ2) is 8.76. The first-order valence-corrected chi connectivity index (χ1v) is 9.81. The normalized spacial score (nSPS) is 15.2. The summed E-state index contributed by atoms with van der Waals surface area (Å²) >= 11 is 12.4. The molecule has 0 spiro atoms. The van der Waals surface area contributed by atoms with Crippen molar-refractivity contribution in [1.82, 2.24) is 5.32 Å². The van der Waals surface area contributed by atoms with E-state index in [-0.39, 0.29) is 11.8 Å². The molecule has 0 bridgehead atoms. The van der Waals surface area contributed by atoms with E-state index < -0.39 is 11.9 Å². The lowest BCUT2D eigenvalue weighted by atomic mass is 10.1. The van der Waals surface area contributed by atoms with Crippen molar-refractivity contribution in [1.29, 1.82) is 0 Å². The number of nitrogens with one attached hydrogen (secondary N) is 1. The molecule has 3 amide bonds. The van der Waals surface area contributed by atoms with E-state index in [0.29, 0.717) is 39.4 Å². The molecule has 1 aliphatic heterocycles. The Labute approximate surface area is 179 Å². The molecule has 1 heterocycles. The fourth-order valence-corrected chi connectivity index (χ4v) is 3.28. The molecule has 6 nitrogen and oxygen atoms in total. The van der Waals surface area contributed by atoms with E-state index in [1.54, 1.807) is 42.5 Å². The van der Waals surface area contributed by atoms with Gasteiger partial charge in [-0.25, -0.2) is 9.69 Å². The average Bonchev–Trinajstić information content (AvgIpc) is 2.91. The lowest BCUT2D eigenvalue weighted by Crippen LogP contribution is -2.30. The van der Waals surface area contributed by atoms with Gasteiger partial charge in [0.05, 0.1) is 23.4 Å². The first-order valence-electron chi connectivity index (χ1n) is 9.05. The van der Waals surface area contributed by atoms with Crippen LogP contribution in [0.15, 0.2) is 42.1 Å². The number of nitrogens with zero attached hydrogens (tertiary/aromatic N) is 1. The van der Waals surface area contributed by atoms with E-state index >= 15 is 0 Å². The first-order chi connectivity index (χ1) is 13.8. The van der Waals surface area contributed by atoms with Gasteiger partial charge in [-0.2, -0.15) is 0 Å². The molecule has 0 unspecified atom stereocenters. The summed E-state index contributed by atoms with van der Waals surface area (Å²) in [6.45, 7) is 6.04. The molecular weight excluding hydrogens is 415 g/mol. The van der Waals surface area contributed by atoms with Crippen molar-refractivity contribution in [2.45, 2.75) is 26.9 Å². The van der Waals surface area contributed by atoms with Crippen LogP contribution in [0, 0.1) is 0 Å². The summed E-state index contributed by atoms with van der Waals surface area (Å²) in [7, 11) is 0. The number of carbonyl (C=O) groups excluding carboxylic acids is 2. The van der Waals surface area contributed by atoms with Crippen LogP contribution in [0.3, 0.4) is 0 Å². The van der Waals surface area contributed by atoms with Gasteiger partial charge in [0.25, 0.3) is 5.91 Å². The van der Waals surface area contributed by atoms with Crippen LogP contribution in [0.1, 0.15) is 26.3 Å². The van der Waals surface area contributed by atoms with E-state index in [0.717, 1.165) is 4.90 Å². The van der Waals surface area contributed by atoms with E-state index in [9.17, 15) is 9.59 Å². The Hall–Kier alpha value is -2.70. The SMILES string of the molecule is CCOc1cc(/C=C2/NC(=O)N(c3cccc(Cl)c3)C2=O)cc(Cl)c1OC(C)C. The highest BCUT2D eigenvalue weighted by Gasteiger charge is 2.35. The van der Waals surface area contributed by atoms with Crippen LogP contribution in [-0.2, 0) is 4.79 Å². The van der Waals surface area contributed by atoms with Gasteiger partial charge < -0.3 is 14.8 Å². The van der Waals surface area contributed by atoms with E-state index in [2.05, 4.69) is 5.32 Å². The van der Waals surface area contributed by atoms with Gasteiger partial charge >= 0.3 is 6.03 Å². The minimum atomic E-state index is -0.556. The number of rotatable bonds is 6. The molecule has 152 valence electrons. The molecule has 0 aromatic heterocycles. The second-order valence-corrected chi connectivity index (χ2v) is 7.38. The molecule has 1 fully saturated rings. The maximum atomic E-state index is 12.8. The molecule has 8 heteroatoms. The third kappa shape index (κ3) is 4.66. The Bertz CT molecular complexity index is 989. The number of urea groups is 1. The highest BCUT2D eigenvalue weighted by atomic mass is 35.5. The van der Waals surface area contributed by atoms with Crippen molar-refractivity contribution in [3.8, 4) is 11.5 Å². The fourth-order valence-electron chi connectivity index (χ4n) is 2.84. The van der Waals surface area contributed by atoms with Crippen LogP contribution in [-0.4, -0.2) is 24.6 Å². The zero-order valence-electron chi connectivity index (χ0n) is 16.2. The Balaban J connectivity index is 1.95. The van der Waals surface area contributed by atoms with Crippen LogP contribution in [0.25, 0.3) is 6.08 Å². The van der Waals surface area contributed by atoms with Gasteiger partial charge in [0, 0.05) is 5.02 Å². The van der Waals surface area contributed by atoms with Crippen molar-refractivity contribution in [3.05, 3.63) is 57.7 Å². The van der Waals surface area contributed by atoms with Crippen LogP contribution in [0.2, 0.25) is 10.0 Å². The van der Waals surface area contributed by atoms with E-state index in [4.69, 9.17) is 32.7 Å². The largest absolute Gasteiger partial charge is 0.490 e. The van der Waals surface area contributed by atoms with Gasteiger partial charge in [0.2, 0.25) is 0 Å². The maximum Gasteiger partial charge on any atom is 0.333 e. The van der Waals surface area contributed by atoms with Gasteiger partial charge in [-0.3, -0.25) is 4.79 Å². The third-order valence-corrected chi connectivity index (χ3v) is 4.46. The zero-order valence-corrected chi connectivity index (χ0v) is 17.7. The number of ether oxygens (including phenoxy) is 2. The number of hydrogen-bond acceptors (Lipinski definition) is 4. The topological polar surface area (TPSA) is 67.9 Å². The Morgan fingerprint density at radius 3 is 2.59 bits per heavy atom. The zero-order chi connectivity index (χ0) is 21.1. The quantitative estimate of drug-likeness (QED) is 0.496. The molecule has 0 saturated carbocycles. The van der Waals surface area contributed by atoms with Gasteiger partial charge in [0.15, 0.2) is 11.5 Å². The number of anilines is 1. The van der Waals surface area contributed by atoms with E-state index in [1.165, 1.54) is 0 Å². The minimum Gasteiger partial charge on any atom is -0.490 e. The molecule has 3 rings (SSSR count). The monoisotopic (exact) mass is 434 g/mol. The summed E-state index contributed by atoms with van der Waals surface area (Å²) in [5.74, 6) is 0.408. The van der Waals surface area contributed by atoms with Crippen LogP contribution in [0.4, 0.5) is 10.5 Å². The lowest BCUT2D eigenvalue weighted by molar-refractivity contribution is -0.113. The van der Waals surface area contributed by atoms with Gasteiger partial charge in [0.1, 0.15) is 5.70 Å². The Morgan fingerprint density at radius 2 is 1.93 bits per heavy atom. The molecular formula is C21H20Cl2N2O4. The van der Waals surface area contributed by atoms with Gasteiger partial charge in [-0.1, -0.05) is 29.3 Å². The lowest BCUT2D eigenvalue weighted by Gasteiger charge is -2.16. The van der Waals surface area contributed by atoms with Crippen molar-refractivity contribution >= 4 is 46.9 Å². The third-order valence-electron chi connectivity index (χ3n) is 3.94. The van der Waals surface area contributed by atoms with Gasteiger partial charge in [-0.05, 0) is 62.7 Å². The summed E-state index contributed by atoms with van der Waals surface area (Å²) in [6.07, 6.45) is 1.45. The standard InChI is InChI=1S/C21H20Cl2N2O4/c1-4-28-18-10-13(8-16(23)19(18)29-12(2)3)9-17-20(26)25(21(27)24-17)15-7-5-6-14(22)11-15/h5-12H,4H2,1-3H3,(H,24,27)/b17-9+. The predicted octanol–water partition coefficient (Wildman–Crippen LogP) is 5.28. The van der Waals surface area contributed by atoms with E-state index in [1.807, 2.05) is 20.8 Å². The maximum absolute atomic E-state index is 12.8. The first kappa shape index (κ1) is 21.0. The van der Waals surface area contributed by atoms with Crippen molar-refractivity contribution in [2.75, 3.05) is 11.5 Å².